The minimum atomic E-state index is -0.808. The van der Waals surface area contributed by atoms with Gasteiger partial charge in [-0.3, -0.25) is 9.59 Å². The summed E-state index contributed by atoms with van der Waals surface area (Å²) in [6.45, 7) is 3.52. The highest BCUT2D eigenvalue weighted by atomic mass is 32.1. The zero-order valence-electron chi connectivity index (χ0n) is 29.3. The van der Waals surface area contributed by atoms with Crippen LogP contribution in [0.4, 0.5) is 11.4 Å². The first kappa shape index (κ1) is 39.6. The number of ether oxygens (including phenoxy) is 3. The molecule has 0 aliphatic rings. The van der Waals surface area contributed by atoms with Crippen molar-refractivity contribution in [2.45, 2.75) is 25.7 Å². The molecule has 0 aliphatic carbocycles. The lowest BCUT2D eigenvalue weighted by Gasteiger charge is -2.13. The largest absolute Gasteiger partial charge is 0.508 e. The van der Waals surface area contributed by atoms with E-state index in [1.165, 1.54) is 0 Å². The maximum absolute atomic E-state index is 12.5. The molecule has 0 aromatic heterocycles. The highest BCUT2D eigenvalue weighted by molar-refractivity contribution is 7.78. The van der Waals surface area contributed by atoms with Crippen molar-refractivity contribution < 1.29 is 34.0 Å². The monoisotopic (exact) mass is 744 g/mol. The summed E-state index contributed by atoms with van der Waals surface area (Å²) in [6, 6.07) is 36.4. The number of carbonyl (C=O) groups excluding carboxylic acids is 1. The Morgan fingerprint density at radius 1 is 0.585 bits per heavy atom. The number of methoxy groups -OCH3 is 2. The third kappa shape index (κ3) is 11.4. The Hall–Kier alpha value is -6.22. The van der Waals surface area contributed by atoms with Gasteiger partial charge in [-0.25, -0.2) is 0 Å². The molecule has 0 heterocycles. The smallest absolute Gasteiger partial charge is 0.318 e. The molecule has 0 radical (unpaired) electrons. The third-order valence-corrected chi connectivity index (χ3v) is 8.30. The number of carbonyl (C=O) groups is 2. The second-order valence-corrected chi connectivity index (χ2v) is 11.9. The number of benzene rings is 6. The standard InChI is InChI=1S/C21H17NO3S.C14H14O3.C7H5NOS/c1-14(21(23)25-19-9-6-18(7-10-19)22-13-26)15-3-4-17-12-20(24-2)8-5-16(17)11-15;1-9(14(15)16)10-3-4-12-8-13(17-2)6-5-11(12)7-10;9-7-3-1-6(2-4-7)8-5-10/h3-12,14H,1-2H3;3-9H,1-2H3,(H,15,16);1-4,9H. The van der Waals surface area contributed by atoms with Crippen molar-refractivity contribution in [1.82, 2.24) is 0 Å². The SMILES string of the molecule is COc1ccc2cc(C(C)C(=O)O)ccc2c1.COc1ccc2cc(C(C)C(=O)Oc3ccc(N=C=S)cc3)ccc2c1.Oc1ccc(N=C=S)cc1. The number of fused-ring (bicyclic) bond motifs is 2. The Bertz CT molecular complexity index is 2300. The zero-order chi connectivity index (χ0) is 38.3. The van der Waals surface area contributed by atoms with E-state index in [2.05, 4.69) is 44.7 Å². The molecule has 2 unspecified atom stereocenters. The van der Waals surface area contributed by atoms with Crippen LogP contribution in [0.1, 0.15) is 36.8 Å². The minimum Gasteiger partial charge on any atom is -0.508 e. The van der Waals surface area contributed by atoms with E-state index < -0.39 is 11.9 Å². The third-order valence-electron chi connectivity index (χ3n) is 8.12. The van der Waals surface area contributed by atoms with Crippen molar-refractivity contribution in [3.63, 3.8) is 0 Å². The normalized spacial score (nSPS) is 11.2. The van der Waals surface area contributed by atoms with Gasteiger partial charge in [0.05, 0.1) is 47.8 Å². The van der Waals surface area contributed by atoms with Crippen molar-refractivity contribution in [2.24, 2.45) is 9.98 Å². The van der Waals surface area contributed by atoms with Crippen molar-refractivity contribution >= 4 is 79.6 Å². The molecule has 2 N–H and O–H groups in total. The Labute approximate surface area is 317 Å². The van der Waals surface area contributed by atoms with Gasteiger partial charge in [-0.15, -0.1) is 0 Å². The van der Waals surface area contributed by atoms with E-state index in [-0.39, 0.29) is 17.6 Å². The van der Waals surface area contributed by atoms with E-state index in [1.54, 1.807) is 69.7 Å². The number of thiocarbonyl (C=S) groups is 2. The molecule has 6 aromatic carbocycles. The number of carboxylic acids is 1. The number of isothiocyanates is 2. The number of rotatable bonds is 9. The van der Waals surface area contributed by atoms with Crippen LogP contribution < -0.4 is 14.2 Å². The molecule has 268 valence electrons. The lowest BCUT2D eigenvalue weighted by atomic mass is 9.98. The van der Waals surface area contributed by atoms with Gasteiger partial charge in [0.1, 0.15) is 23.0 Å². The fourth-order valence-electron chi connectivity index (χ4n) is 4.98. The quantitative estimate of drug-likeness (QED) is 0.0643. The van der Waals surface area contributed by atoms with Gasteiger partial charge in [-0.05, 0) is 144 Å². The summed E-state index contributed by atoms with van der Waals surface area (Å²) in [7, 11) is 3.27. The topological polar surface area (TPSA) is 127 Å². The molecule has 0 fully saturated rings. The van der Waals surface area contributed by atoms with E-state index in [0.29, 0.717) is 17.1 Å². The summed E-state index contributed by atoms with van der Waals surface area (Å²) in [6.07, 6.45) is 0. The molecule has 0 amide bonds. The predicted molar refractivity (Wildman–Crippen MR) is 215 cm³/mol. The summed E-state index contributed by atoms with van der Waals surface area (Å²) >= 11 is 8.95. The summed E-state index contributed by atoms with van der Waals surface area (Å²) in [5.41, 5.74) is 3.08. The van der Waals surface area contributed by atoms with Crippen molar-refractivity contribution in [2.75, 3.05) is 14.2 Å². The van der Waals surface area contributed by atoms with Crippen molar-refractivity contribution in [3.05, 3.63) is 132 Å². The molecule has 53 heavy (non-hydrogen) atoms. The van der Waals surface area contributed by atoms with E-state index in [1.807, 2.05) is 79.7 Å². The van der Waals surface area contributed by atoms with Crippen LogP contribution in [0.15, 0.2) is 131 Å². The average molecular weight is 745 g/mol. The first-order valence-corrected chi connectivity index (χ1v) is 17.0. The number of carboxylic acid groups (broad SMARTS) is 1. The highest BCUT2D eigenvalue weighted by Gasteiger charge is 2.18. The molecular formula is C42H36N2O7S2. The van der Waals surface area contributed by atoms with Crippen molar-refractivity contribution in [1.29, 1.82) is 0 Å². The van der Waals surface area contributed by atoms with Crippen LogP contribution >= 0.6 is 24.4 Å². The average Bonchev–Trinajstić information content (AvgIpc) is 3.18. The molecular weight excluding hydrogens is 709 g/mol. The lowest BCUT2D eigenvalue weighted by Crippen LogP contribution is -2.16. The lowest BCUT2D eigenvalue weighted by molar-refractivity contribution is -0.138. The number of hydrogen-bond donors (Lipinski definition) is 2. The zero-order valence-corrected chi connectivity index (χ0v) is 31.0. The van der Waals surface area contributed by atoms with Gasteiger partial charge in [0.2, 0.25) is 0 Å². The van der Waals surface area contributed by atoms with E-state index in [4.69, 9.17) is 24.4 Å². The Kier molecular flexibility index (Phi) is 14.5. The van der Waals surface area contributed by atoms with Crippen molar-refractivity contribution in [3.8, 4) is 23.0 Å². The number of aromatic hydroxyl groups is 1. The van der Waals surface area contributed by atoms with Crippen LogP contribution in [-0.4, -0.2) is 46.7 Å². The minimum absolute atomic E-state index is 0.225. The fourth-order valence-corrected chi connectivity index (χ4v) is 5.19. The maximum atomic E-state index is 12.5. The first-order valence-electron chi connectivity index (χ1n) is 16.2. The Balaban J connectivity index is 0.000000198. The summed E-state index contributed by atoms with van der Waals surface area (Å²) in [5.74, 6) is 0.304. The molecule has 0 aliphatic heterocycles. The number of esters is 1. The van der Waals surface area contributed by atoms with Gasteiger partial charge in [-0.2, -0.15) is 9.98 Å². The number of phenolic OH excluding ortho intramolecular Hbond substituents is 1. The second kappa shape index (κ2) is 19.4. The number of aliphatic imine (C=N–C) groups is 2. The number of phenols is 1. The molecule has 2 atom stereocenters. The van der Waals surface area contributed by atoms with Gasteiger partial charge < -0.3 is 24.4 Å². The first-order chi connectivity index (χ1) is 25.5. The highest BCUT2D eigenvalue weighted by Crippen LogP contribution is 2.28. The molecule has 11 heteroatoms. The summed E-state index contributed by atoms with van der Waals surface area (Å²) < 4.78 is 15.8. The van der Waals surface area contributed by atoms with Crippen LogP contribution in [0.3, 0.4) is 0 Å². The fraction of sp³-hybridized carbons (Fsp3) is 0.143. The van der Waals surface area contributed by atoms with Gasteiger partial charge in [0.15, 0.2) is 0 Å². The molecule has 9 nitrogen and oxygen atoms in total. The van der Waals surface area contributed by atoms with Crippen LogP contribution in [-0.2, 0) is 9.59 Å². The van der Waals surface area contributed by atoms with Crippen LogP contribution in [0, 0.1) is 0 Å². The molecule has 6 rings (SSSR count). The van der Waals surface area contributed by atoms with Gasteiger partial charge in [-0.1, -0.05) is 48.5 Å². The molecule has 0 bridgehead atoms. The number of nitrogens with zero attached hydrogens (tertiary/aromatic N) is 2. The van der Waals surface area contributed by atoms with Crippen LogP contribution in [0.5, 0.6) is 23.0 Å². The Morgan fingerprint density at radius 2 is 0.981 bits per heavy atom. The predicted octanol–water partition coefficient (Wildman–Crippen LogP) is 10.5. The maximum Gasteiger partial charge on any atom is 0.318 e. The van der Waals surface area contributed by atoms with Gasteiger partial charge >= 0.3 is 11.9 Å². The van der Waals surface area contributed by atoms with Gasteiger partial charge in [0, 0.05) is 0 Å². The molecule has 6 aromatic rings. The van der Waals surface area contributed by atoms with Crippen LogP contribution in [0.2, 0.25) is 0 Å². The van der Waals surface area contributed by atoms with E-state index in [0.717, 1.165) is 44.2 Å². The second-order valence-electron chi connectivity index (χ2n) is 11.6. The number of aliphatic carboxylic acids is 1. The van der Waals surface area contributed by atoms with Crippen LogP contribution in [0.25, 0.3) is 21.5 Å². The molecule has 0 spiro atoms. The molecule has 0 saturated heterocycles. The summed E-state index contributed by atoms with van der Waals surface area (Å²) in [5, 5.41) is 26.5. The van der Waals surface area contributed by atoms with Gasteiger partial charge in [0.25, 0.3) is 0 Å². The number of hydrogen-bond acceptors (Lipinski definition) is 10. The summed E-state index contributed by atoms with van der Waals surface area (Å²) in [4.78, 5) is 30.9. The Morgan fingerprint density at radius 3 is 1.42 bits per heavy atom. The van der Waals surface area contributed by atoms with E-state index >= 15 is 0 Å². The molecule has 0 saturated carbocycles. The van der Waals surface area contributed by atoms with E-state index in [9.17, 15) is 9.59 Å².